The number of carbonyl (C=O) groups is 3. The van der Waals surface area contributed by atoms with Crippen molar-refractivity contribution in [2.45, 2.75) is 172 Å². The number of aromatic amines is 1. The lowest BCUT2D eigenvalue weighted by atomic mass is 9.82. The van der Waals surface area contributed by atoms with E-state index in [0.29, 0.717) is 51.7 Å². The molecular weight excluding hydrogens is 777 g/mol. The highest BCUT2D eigenvalue weighted by Crippen LogP contribution is 2.41. The third-order valence-corrected chi connectivity index (χ3v) is 11.9. The third-order valence-electron chi connectivity index (χ3n) is 11.9. The number of aliphatic hydroxyl groups excluding tert-OH is 2. The van der Waals surface area contributed by atoms with Crippen molar-refractivity contribution in [2.75, 3.05) is 26.2 Å². The van der Waals surface area contributed by atoms with Gasteiger partial charge in [0.05, 0.1) is 12.0 Å². The number of nitrogens with two attached hydrogens (primary N) is 3. The molecule has 1 aromatic rings. The normalized spacial score (nSPS) is 26.2. The molecule has 3 aliphatic heterocycles. The summed E-state index contributed by atoms with van der Waals surface area (Å²) in [6.45, 7) is 5.26. The molecule has 0 bridgehead atoms. The number of hydrogen-bond acceptors (Lipinski definition) is 12. The molecule has 0 spiro atoms. The number of fused-ring (bicyclic) bond motifs is 1. The predicted octanol–water partition coefficient (Wildman–Crippen LogP) is 0.376. The highest BCUT2D eigenvalue weighted by atomic mass is 16.7. The lowest BCUT2D eigenvalue weighted by molar-refractivity contribution is -0.202. The van der Waals surface area contributed by atoms with Gasteiger partial charge in [0.15, 0.2) is 12.2 Å². The molecule has 60 heavy (non-hydrogen) atoms. The Labute approximate surface area is 352 Å². The summed E-state index contributed by atoms with van der Waals surface area (Å²) >= 11 is 0. The summed E-state index contributed by atoms with van der Waals surface area (Å²) in [5.74, 6) is -2.16. The first-order chi connectivity index (χ1) is 28.9. The first-order valence-corrected chi connectivity index (χ1v) is 22.3. The van der Waals surface area contributed by atoms with Crippen LogP contribution in [0.4, 0.5) is 0 Å². The van der Waals surface area contributed by atoms with Crippen LogP contribution in [0.15, 0.2) is 26.8 Å². The van der Waals surface area contributed by atoms with Gasteiger partial charge >= 0.3 is 5.69 Å². The molecular formula is C41H72N10O9. The first kappa shape index (κ1) is 48.8. The summed E-state index contributed by atoms with van der Waals surface area (Å²) in [5.41, 5.74) is 15.2. The number of ether oxygens (including phenoxy) is 1. The standard InChI is InChI=1S/C41H72N10O9/c1-3-4-5-6-7-8-9-10-11-12-13-14-18-28(48-36(55)26(2)17-15-21-45-40(43)44)37(56)46-25-27-24-29-31(38(57)47-27)34(60-51(29)22-16-20-42)35-32(53)33(54)39(59-35)50-23-19-30(52)49-41(50)58/h19,23,26-29,31-35,39,53-54H,3-18,20-22,24-25,42H2,1-2H3,(H,46,56)(H,47,57)(H,48,55)(H4,43,44,45)(H,49,52,58)/t26?,27-,28+,29-,31+,32-,33+,34-,35-,39+/m0/s1. The van der Waals surface area contributed by atoms with Gasteiger partial charge in [-0.3, -0.25) is 38.6 Å². The zero-order chi connectivity index (χ0) is 43.6. The van der Waals surface area contributed by atoms with Gasteiger partial charge in [-0.15, -0.1) is 0 Å². The molecule has 4 rings (SSSR count). The van der Waals surface area contributed by atoms with Crippen LogP contribution < -0.4 is 44.4 Å². The minimum atomic E-state index is -1.57. The number of aromatic nitrogens is 2. The Morgan fingerprint density at radius 1 is 0.917 bits per heavy atom. The Hall–Kier alpha value is -3.88. The summed E-state index contributed by atoms with van der Waals surface area (Å²) in [4.78, 5) is 77.4. The van der Waals surface area contributed by atoms with E-state index in [4.69, 9.17) is 26.8 Å². The van der Waals surface area contributed by atoms with E-state index in [-0.39, 0.29) is 30.2 Å². The number of amides is 3. The smallest absolute Gasteiger partial charge is 0.330 e. The molecule has 19 nitrogen and oxygen atoms in total. The second-order valence-corrected chi connectivity index (χ2v) is 16.7. The zero-order valence-electron chi connectivity index (χ0n) is 35.6. The Morgan fingerprint density at radius 3 is 2.22 bits per heavy atom. The van der Waals surface area contributed by atoms with Crippen LogP contribution in [0.25, 0.3) is 0 Å². The molecule has 0 radical (unpaired) electrons. The van der Waals surface area contributed by atoms with Crippen LogP contribution in [0.1, 0.15) is 129 Å². The van der Waals surface area contributed by atoms with Gasteiger partial charge in [-0.05, 0) is 38.6 Å². The maximum atomic E-state index is 13.9. The van der Waals surface area contributed by atoms with E-state index in [1.807, 2.05) is 6.92 Å². The van der Waals surface area contributed by atoms with Crippen LogP contribution in [0.3, 0.4) is 0 Å². The number of nitrogens with one attached hydrogen (secondary N) is 4. The number of nitrogens with zero attached hydrogens (tertiary/aromatic N) is 3. The van der Waals surface area contributed by atoms with Crippen LogP contribution >= 0.6 is 0 Å². The molecule has 19 heteroatoms. The molecule has 12 N–H and O–H groups in total. The van der Waals surface area contributed by atoms with Crippen LogP contribution in [0, 0.1) is 11.8 Å². The van der Waals surface area contributed by atoms with E-state index < -0.39 is 71.8 Å². The molecule has 1 unspecified atom stereocenters. The number of hydrogen-bond donors (Lipinski definition) is 9. The van der Waals surface area contributed by atoms with Crippen LogP contribution in [0.2, 0.25) is 0 Å². The fourth-order valence-corrected chi connectivity index (χ4v) is 8.47. The number of unbranched alkanes of at least 4 members (excludes halogenated alkanes) is 11. The number of piperidine rings is 1. The predicted molar refractivity (Wildman–Crippen MR) is 226 cm³/mol. The van der Waals surface area contributed by atoms with E-state index in [1.54, 1.807) is 5.06 Å². The molecule has 0 saturated carbocycles. The lowest BCUT2D eigenvalue weighted by Crippen LogP contribution is -2.59. The fraction of sp³-hybridized carbons (Fsp3) is 0.805. The molecule has 3 aliphatic rings. The van der Waals surface area contributed by atoms with Crippen molar-refractivity contribution in [3.63, 3.8) is 0 Å². The zero-order valence-corrected chi connectivity index (χ0v) is 35.6. The fourth-order valence-electron chi connectivity index (χ4n) is 8.47. The average Bonchev–Trinajstić information content (AvgIpc) is 3.73. The molecule has 3 amide bonds. The number of aliphatic imine (C=N–C) groups is 1. The summed E-state index contributed by atoms with van der Waals surface area (Å²) in [6, 6.07) is -0.647. The third kappa shape index (κ3) is 14.4. The van der Waals surface area contributed by atoms with E-state index >= 15 is 0 Å². The number of rotatable bonds is 27. The van der Waals surface area contributed by atoms with Crippen molar-refractivity contribution >= 4 is 23.7 Å². The Kier molecular flexibility index (Phi) is 20.4. The quantitative estimate of drug-likeness (QED) is 0.0329. The Balaban J connectivity index is 1.35. The number of carbonyl (C=O) groups excluding carboxylic acids is 3. The maximum Gasteiger partial charge on any atom is 0.330 e. The van der Waals surface area contributed by atoms with Crippen LogP contribution in [-0.4, -0.2) is 117 Å². The van der Waals surface area contributed by atoms with Crippen LogP contribution in [-0.2, 0) is 24.0 Å². The number of guanidine groups is 1. The number of hydroxylamine groups is 2. The van der Waals surface area contributed by atoms with E-state index in [0.717, 1.165) is 42.5 Å². The topological polar surface area (TPSA) is 295 Å². The second kappa shape index (κ2) is 25.2. The van der Waals surface area contributed by atoms with Gasteiger partial charge in [-0.1, -0.05) is 90.9 Å². The van der Waals surface area contributed by atoms with Gasteiger partial charge in [-0.2, -0.15) is 5.06 Å². The van der Waals surface area contributed by atoms with Gasteiger partial charge in [0.1, 0.15) is 30.5 Å². The summed E-state index contributed by atoms with van der Waals surface area (Å²) in [6.07, 6.45) is 11.2. The van der Waals surface area contributed by atoms with Crippen LogP contribution in [0.5, 0.6) is 0 Å². The van der Waals surface area contributed by atoms with Crippen molar-refractivity contribution in [3.8, 4) is 0 Å². The highest BCUT2D eigenvalue weighted by molar-refractivity contribution is 5.88. The van der Waals surface area contributed by atoms with Crippen molar-refractivity contribution in [1.82, 2.24) is 30.6 Å². The summed E-state index contributed by atoms with van der Waals surface area (Å²) < 4.78 is 6.97. The van der Waals surface area contributed by atoms with E-state index in [9.17, 15) is 34.2 Å². The largest absolute Gasteiger partial charge is 0.387 e. The molecule has 10 atom stereocenters. The van der Waals surface area contributed by atoms with Gasteiger partial charge in [-0.25, -0.2) is 4.79 Å². The van der Waals surface area contributed by atoms with Gasteiger partial charge in [0.2, 0.25) is 17.7 Å². The molecule has 1 aromatic heterocycles. The number of H-pyrrole nitrogens is 1. The Bertz CT molecular complexity index is 1640. The minimum Gasteiger partial charge on any atom is -0.387 e. The first-order valence-electron chi connectivity index (χ1n) is 22.3. The molecule has 4 heterocycles. The SMILES string of the molecule is CCCCCCCCCCCCCC[C@@H](NC(=O)C(C)CCCN=C(N)N)C(=O)NC[C@@H]1C[C@H]2[C@@H](C(=O)N1)[C@@H]([C@H]1O[C@@H](n3ccc(=O)[nH]c3=O)[C@H](O)[C@@H]1O)ON2CCCN. The maximum absolute atomic E-state index is 13.9. The highest BCUT2D eigenvalue weighted by Gasteiger charge is 2.59. The molecule has 0 aromatic carbocycles. The Morgan fingerprint density at radius 2 is 1.58 bits per heavy atom. The monoisotopic (exact) mass is 849 g/mol. The number of aliphatic hydroxyl groups is 2. The minimum absolute atomic E-state index is 0.00247. The lowest BCUT2D eigenvalue weighted by Gasteiger charge is -2.35. The molecule has 3 saturated heterocycles. The van der Waals surface area contributed by atoms with Crippen molar-refractivity contribution < 1.29 is 34.2 Å². The molecule has 0 aliphatic carbocycles. The second-order valence-electron chi connectivity index (χ2n) is 16.7. The average molecular weight is 849 g/mol. The molecule has 340 valence electrons. The van der Waals surface area contributed by atoms with Crippen molar-refractivity contribution in [1.29, 1.82) is 0 Å². The molecule has 3 fully saturated rings. The van der Waals surface area contributed by atoms with E-state index in [1.165, 1.54) is 51.4 Å². The van der Waals surface area contributed by atoms with Crippen molar-refractivity contribution in [2.24, 2.45) is 34.0 Å². The summed E-state index contributed by atoms with van der Waals surface area (Å²) in [7, 11) is 0. The summed E-state index contributed by atoms with van der Waals surface area (Å²) in [5, 5.41) is 32.6. The van der Waals surface area contributed by atoms with Gasteiger partial charge < -0.3 is 48.1 Å². The van der Waals surface area contributed by atoms with Gasteiger partial charge in [0.25, 0.3) is 5.56 Å². The van der Waals surface area contributed by atoms with Crippen molar-refractivity contribution in [3.05, 3.63) is 33.1 Å². The van der Waals surface area contributed by atoms with E-state index in [2.05, 4.69) is 32.9 Å². The van der Waals surface area contributed by atoms with Gasteiger partial charge in [0, 0.05) is 43.9 Å².